The van der Waals surface area contributed by atoms with E-state index in [1.165, 1.54) is 4.90 Å². The number of anilines is 2. The number of fused-ring (bicyclic) bond motifs is 1. The Morgan fingerprint density at radius 1 is 1.50 bits per heavy atom. The van der Waals surface area contributed by atoms with Crippen molar-refractivity contribution in [1.29, 1.82) is 0 Å². The highest BCUT2D eigenvalue weighted by atomic mass is 16.4. The number of amides is 2. The SMILES string of the molecule is CNC1CN(C)c2ncccc2N(CC(=O)N[C@H](C=O)CC(=O)O)C1=O. The zero-order valence-corrected chi connectivity index (χ0v) is 14.5. The maximum Gasteiger partial charge on any atom is 0.305 e. The lowest BCUT2D eigenvalue weighted by Crippen LogP contribution is -2.52. The number of nitrogens with one attached hydrogen (secondary N) is 2. The second-order valence-electron chi connectivity index (χ2n) is 5.90. The highest BCUT2D eigenvalue weighted by Crippen LogP contribution is 2.29. The first kappa shape index (κ1) is 19.3. The van der Waals surface area contributed by atoms with E-state index in [-0.39, 0.29) is 12.5 Å². The Bertz CT molecular complexity index is 710. The smallest absolute Gasteiger partial charge is 0.305 e. The molecular formula is C16H21N5O5. The van der Waals surface area contributed by atoms with E-state index >= 15 is 0 Å². The third-order valence-electron chi connectivity index (χ3n) is 3.99. The van der Waals surface area contributed by atoms with Crippen molar-refractivity contribution in [3.8, 4) is 0 Å². The second-order valence-corrected chi connectivity index (χ2v) is 5.90. The molecule has 10 nitrogen and oxygen atoms in total. The Morgan fingerprint density at radius 3 is 2.85 bits per heavy atom. The van der Waals surface area contributed by atoms with Crippen molar-refractivity contribution in [2.24, 2.45) is 0 Å². The van der Waals surface area contributed by atoms with E-state index in [1.54, 1.807) is 32.4 Å². The van der Waals surface area contributed by atoms with Gasteiger partial charge in [-0.25, -0.2) is 4.98 Å². The zero-order chi connectivity index (χ0) is 19.3. The van der Waals surface area contributed by atoms with E-state index in [0.29, 0.717) is 24.3 Å². The van der Waals surface area contributed by atoms with Crippen molar-refractivity contribution in [2.75, 3.05) is 37.0 Å². The molecule has 2 atom stereocenters. The summed E-state index contributed by atoms with van der Waals surface area (Å²) in [6, 6.07) is 1.63. The maximum absolute atomic E-state index is 12.8. The summed E-state index contributed by atoms with van der Waals surface area (Å²) in [6.07, 6.45) is 1.42. The minimum absolute atomic E-state index is 0.317. The molecule has 0 bridgehead atoms. The molecule has 0 aromatic carbocycles. The molecule has 1 aliphatic heterocycles. The number of aldehydes is 1. The number of carbonyl (C=O) groups excluding carboxylic acids is 3. The van der Waals surface area contributed by atoms with Crippen LogP contribution in [0.1, 0.15) is 6.42 Å². The van der Waals surface area contributed by atoms with Crippen LogP contribution in [0.15, 0.2) is 18.3 Å². The van der Waals surface area contributed by atoms with Crippen molar-refractivity contribution < 1.29 is 24.3 Å². The molecule has 2 rings (SSSR count). The number of carboxylic acids is 1. The molecule has 0 radical (unpaired) electrons. The lowest BCUT2D eigenvalue weighted by atomic mass is 10.2. The average Bonchev–Trinajstić information content (AvgIpc) is 2.71. The monoisotopic (exact) mass is 363 g/mol. The second kappa shape index (κ2) is 8.39. The molecule has 26 heavy (non-hydrogen) atoms. The third-order valence-corrected chi connectivity index (χ3v) is 3.99. The van der Waals surface area contributed by atoms with Crippen LogP contribution in [0.3, 0.4) is 0 Å². The van der Waals surface area contributed by atoms with Gasteiger partial charge in [0.25, 0.3) is 0 Å². The molecule has 140 valence electrons. The number of aromatic nitrogens is 1. The van der Waals surface area contributed by atoms with Crippen molar-refractivity contribution in [2.45, 2.75) is 18.5 Å². The first-order chi connectivity index (χ1) is 12.4. The van der Waals surface area contributed by atoms with Gasteiger partial charge in [-0.1, -0.05) is 0 Å². The summed E-state index contributed by atoms with van der Waals surface area (Å²) in [5.41, 5.74) is 0.466. The Balaban J connectivity index is 2.25. The van der Waals surface area contributed by atoms with Crippen molar-refractivity contribution in [1.82, 2.24) is 15.6 Å². The topological polar surface area (TPSA) is 132 Å². The van der Waals surface area contributed by atoms with Crippen molar-refractivity contribution >= 4 is 35.6 Å². The van der Waals surface area contributed by atoms with Crippen LogP contribution in [-0.4, -0.2) is 73.4 Å². The van der Waals surface area contributed by atoms with Crippen LogP contribution in [0.4, 0.5) is 11.5 Å². The Hall–Kier alpha value is -3.01. The van der Waals surface area contributed by atoms with Gasteiger partial charge in [0.2, 0.25) is 11.8 Å². The van der Waals surface area contributed by atoms with Crippen LogP contribution in [0.25, 0.3) is 0 Å². The summed E-state index contributed by atoms with van der Waals surface area (Å²) in [5.74, 6) is -1.61. The van der Waals surface area contributed by atoms with Gasteiger partial charge in [-0.05, 0) is 19.2 Å². The number of aliphatic carboxylic acids is 1. The fourth-order valence-electron chi connectivity index (χ4n) is 2.73. The Morgan fingerprint density at radius 2 is 2.23 bits per heavy atom. The van der Waals surface area contributed by atoms with Gasteiger partial charge < -0.3 is 25.4 Å². The summed E-state index contributed by atoms with van der Waals surface area (Å²) in [4.78, 5) is 54.1. The standard InChI is InChI=1S/C16H21N5O5/c1-17-11-7-20(2)15-12(4-3-5-18-15)21(16(11)26)8-13(23)19-10(9-22)6-14(24)25/h3-5,9-11,17H,6-8H2,1-2H3,(H,19,23)(H,24,25)/t10-,11?/m0/s1. The number of rotatable bonds is 7. The average molecular weight is 363 g/mol. The van der Waals surface area contributed by atoms with Crippen LogP contribution in [0.5, 0.6) is 0 Å². The Labute approximate surface area is 150 Å². The Kier molecular flexibility index (Phi) is 6.23. The predicted molar refractivity (Wildman–Crippen MR) is 93.0 cm³/mol. The molecule has 10 heteroatoms. The predicted octanol–water partition coefficient (Wildman–Crippen LogP) is -1.39. The molecule has 2 heterocycles. The number of likely N-dealkylation sites (N-methyl/N-ethyl adjacent to an activating group) is 2. The molecule has 2 amide bonds. The van der Waals surface area contributed by atoms with Gasteiger partial charge in [0.15, 0.2) is 5.82 Å². The molecule has 0 fully saturated rings. The molecule has 0 spiro atoms. The lowest BCUT2D eigenvalue weighted by Gasteiger charge is -2.24. The van der Waals surface area contributed by atoms with Crippen LogP contribution in [0, 0.1) is 0 Å². The van der Waals surface area contributed by atoms with Gasteiger partial charge >= 0.3 is 5.97 Å². The van der Waals surface area contributed by atoms with Gasteiger partial charge in [0, 0.05) is 19.8 Å². The molecule has 0 saturated heterocycles. The third kappa shape index (κ3) is 4.33. The van der Waals surface area contributed by atoms with Crippen LogP contribution in [-0.2, 0) is 19.2 Å². The first-order valence-electron chi connectivity index (χ1n) is 7.98. The van der Waals surface area contributed by atoms with E-state index in [4.69, 9.17) is 5.11 Å². The van der Waals surface area contributed by atoms with Crippen molar-refractivity contribution in [3.63, 3.8) is 0 Å². The number of pyridine rings is 1. The highest BCUT2D eigenvalue weighted by Gasteiger charge is 2.33. The van der Waals surface area contributed by atoms with Gasteiger partial charge in [-0.3, -0.25) is 19.3 Å². The molecule has 1 aromatic rings. The summed E-state index contributed by atoms with van der Waals surface area (Å²) in [6.45, 7) is 0.0148. The normalized spacial score (nSPS) is 17.9. The lowest BCUT2D eigenvalue weighted by molar-refractivity contribution is -0.138. The van der Waals surface area contributed by atoms with Crippen molar-refractivity contribution in [3.05, 3.63) is 18.3 Å². The van der Waals surface area contributed by atoms with Gasteiger partial charge in [0.05, 0.1) is 18.2 Å². The van der Waals surface area contributed by atoms with E-state index < -0.39 is 30.4 Å². The van der Waals surface area contributed by atoms with E-state index in [1.807, 2.05) is 4.90 Å². The van der Waals surface area contributed by atoms with E-state index in [2.05, 4.69) is 15.6 Å². The maximum atomic E-state index is 12.8. The van der Waals surface area contributed by atoms with E-state index in [9.17, 15) is 19.2 Å². The molecule has 3 N–H and O–H groups in total. The van der Waals surface area contributed by atoms with Gasteiger partial charge in [0.1, 0.15) is 18.9 Å². The minimum atomic E-state index is -1.21. The fourth-order valence-corrected chi connectivity index (χ4v) is 2.73. The molecule has 0 saturated carbocycles. The number of carboxylic acid groups (broad SMARTS) is 1. The summed E-state index contributed by atoms with van der Waals surface area (Å²) >= 11 is 0. The van der Waals surface area contributed by atoms with Crippen LogP contribution < -0.4 is 20.4 Å². The number of carbonyl (C=O) groups is 4. The van der Waals surface area contributed by atoms with Gasteiger partial charge in [-0.2, -0.15) is 0 Å². The molecule has 1 unspecified atom stereocenters. The summed E-state index contributed by atoms with van der Waals surface area (Å²) in [5, 5.41) is 14.0. The number of nitrogens with zero attached hydrogens (tertiary/aromatic N) is 3. The largest absolute Gasteiger partial charge is 0.481 e. The molecule has 1 aliphatic rings. The molecular weight excluding hydrogens is 342 g/mol. The molecule has 1 aromatic heterocycles. The summed E-state index contributed by atoms with van der Waals surface area (Å²) in [7, 11) is 3.44. The first-order valence-corrected chi connectivity index (χ1v) is 7.98. The van der Waals surface area contributed by atoms with Crippen LogP contribution in [0.2, 0.25) is 0 Å². The van der Waals surface area contributed by atoms with Gasteiger partial charge in [-0.15, -0.1) is 0 Å². The van der Waals surface area contributed by atoms with E-state index in [0.717, 1.165) is 0 Å². The quantitative estimate of drug-likeness (QED) is 0.505. The zero-order valence-electron chi connectivity index (χ0n) is 14.5. The molecule has 0 aliphatic carbocycles. The minimum Gasteiger partial charge on any atom is -0.481 e. The van der Waals surface area contributed by atoms with Crippen LogP contribution >= 0.6 is 0 Å². The highest BCUT2D eigenvalue weighted by molar-refractivity contribution is 6.05. The fraction of sp³-hybridized carbons (Fsp3) is 0.438. The summed E-state index contributed by atoms with van der Waals surface area (Å²) < 4.78 is 0. The number of hydrogen-bond donors (Lipinski definition) is 3. The number of hydrogen-bond acceptors (Lipinski definition) is 7.